The fourth-order valence-electron chi connectivity index (χ4n) is 3.82. The summed E-state index contributed by atoms with van der Waals surface area (Å²) < 4.78 is 5.76. The van der Waals surface area contributed by atoms with E-state index in [0.717, 1.165) is 32.4 Å². The van der Waals surface area contributed by atoms with Crippen LogP contribution in [0.5, 0.6) is 0 Å². The van der Waals surface area contributed by atoms with Crippen molar-refractivity contribution in [2.75, 3.05) is 32.7 Å². The monoisotopic (exact) mass is 281 g/mol. The Kier molecular flexibility index (Phi) is 4.58. The second-order valence-electron chi connectivity index (χ2n) is 6.38. The summed E-state index contributed by atoms with van der Waals surface area (Å²) in [5.41, 5.74) is 5.62. The molecule has 20 heavy (non-hydrogen) atoms. The minimum Gasteiger partial charge on any atom is -0.364 e. The third-order valence-corrected chi connectivity index (χ3v) is 5.01. The van der Waals surface area contributed by atoms with Gasteiger partial charge in [0.05, 0.1) is 6.10 Å². The number of likely N-dealkylation sites (tertiary alicyclic amines) is 2. The molecule has 3 fully saturated rings. The zero-order valence-electron chi connectivity index (χ0n) is 12.3. The maximum absolute atomic E-state index is 12.6. The van der Waals surface area contributed by atoms with Gasteiger partial charge in [0.25, 0.3) is 5.91 Å². The van der Waals surface area contributed by atoms with Crippen molar-refractivity contribution in [3.8, 4) is 0 Å². The van der Waals surface area contributed by atoms with E-state index in [1.807, 2.05) is 4.90 Å². The van der Waals surface area contributed by atoms with Crippen LogP contribution in [-0.4, -0.2) is 66.7 Å². The maximum atomic E-state index is 12.6. The molecule has 5 heteroatoms. The van der Waals surface area contributed by atoms with E-state index in [-0.39, 0.29) is 18.1 Å². The highest BCUT2D eigenvalue weighted by Crippen LogP contribution is 2.25. The van der Waals surface area contributed by atoms with Gasteiger partial charge in [0.2, 0.25) is 0 Å². The summed E-state index contributed by atoms with van der Waals surface area (Å²) in [4.78, 5) is 17.2. The van der Waals surface area contributed by atoms with Crippen LogP contribution in [0.2, 0.25) is 0 Å². The highest BCUT2D eigenvalue weighted by Gasteiger charge is 2.36. The van der Waals surface area contributed by atoms with E-state index in [1.54, 1.807) is 0 Å². The molecule has 0 aliphatic carbocycles. The molecule has 5 nitrogen and oxygen atoms in total. The normalized spacial score (nSPS) is 35.6. The molecular formula is C15H27N3O2. The Labute approximate surface area is 121 Å². The minimum absolute atomic E-state index is 0.0862. The third kappa shape index (κ3) is 3.00. The van der Waals surface area contributed by atoms with Gasteiger partial charge in [-0.15, -0.1) is 0 Å². The molecule has 114 valence electrons. The quantitative estimate of drug-likeness (QED) is 0.822. The molecule has 3 heterocycles. The van der Waals surface area contributed by atoms with Gasteiger partial charge in [-0.05, 0) is 51.6 Å². The second-order valence-corrected chi connectivity index (χ2v) is 6.38. The van der Waals surface area contributed by atoms with Gasteiger partial charge in [-0.3, -0.25) is 9.69 Å². The van der Waals surface area contributed by atoms with Gasteiger partial charge in [0, 0.05) is 25.7 Å². The molecule has 0 saturated carbocycles. The molecule has 0 spiro atoms. The van der Waals surface area contributed by atoms with Gasteiger partial charge in [-0.25, -0.2) is 0 Å². The van der Waals surface area contributed by atoms with E-state index < -0.39 is 0 Å². The van der Waals surface area contributed by atoms with Gasteiger partial charge in [0.15, 0.2) is 0 Å². The largest absolute Gasteiger partial charge is 0.364 e. The summed E-state index contributed by atoms with van der Waals surface area (Å²) in [7, 11) is 0. The SMILES string of the molecule is NCC1CCC(C(=O)N2CCCC(N3CCCC3)C2)O1. The highest BCUT2D eigenvalue weighted by molar-refractivity contribution is 5.81. The molecule has 3 saturated heterocycles. The summed E-state index contributed by atoms with van der Waals surface area (Å²) in [5, 5.41) is 0. The lowest BCUT2D eigenvalue weighted by atomic mass is 10.0. The van der Waals surface area contributed by atoms with Crippen molar-refractivity contribution in [3.63, 3.8) is 0 Å². The average Bonchev–Trinajstić information content (AvgIpc) is 3.17. The van der Waals surface area contributed by atoms with Crippen molar-refractivity contribution in [3.05, 3.63) is 0 Å². The zero-order chi connectivity index (χ0) is 13.9. The van der Waals surface area contributed by atoms with Crippen LogP contribution < -0.4 is 5.73 Å². The van der Waals surface area contributed by atoms with E-state index in [2.05, 4.69) is 4.90 Å². The molecule has 0 aromatic heterocycles. The van der Waals surface area contributed by atoms with Crippen molar-refractivity contribution in [1.29, 1.82) is 0 Å². The lowest BCUT2D eigenvalue weighted by Gasteiger charge is -2.38. The number of carbonyl (C=O) groups is 1. The molecule has 0 aromatic carbocycles. The average molecular weight is 281 g/mol. The van der Waals surface area contributed by atoms with Gasteiger partial charge in [0.1, 0.15) is 6.10 Å². The van der Waals surface area contributed by atoms with Crippen LogP contribution >= 0.6 is 0 Å². The van der Waals surface area contributed by atoms with Gasteiger partial charge >= 0.3 is 0 Å². The lowest BCUT2D eigenvalue weighted by molar-refractivity contribution is -0.144. The van der Waals surface area contributed by atoms with Crippen molar-refractivity contribution >= 4 is 5.91 Å². The smallest absolute Gasteiger partial charge is 0.251 e. The topological polar surface area (TPSA) is 58.8 Å². The van der Waals surface area contributed by atoms with Crippen molar-refractivity contribution < 1.29 is 9.53 Å². The number of amides is 1. The van der Waals surface area contributed by atoms with Crippen LogP contribution in [-0.2, 0) is 9.53 Å². The first kappa shape index (κ1) is 14.3. The zero-order valence-corrected chi connectivity index (χ0v) is 12.3. The van der Waals surface area contributed by atoms with E-state index in [9.17, 15) is 4.79 Å². The Balaban J connectivity index is 1.55. The van der Waals surface area contributed by atoms with Crippen molar-refractivity contribution in [2.45, 2.75) is 56.8 Å². The summed E-state index contributed by atoms with van der Waals surface area (Å²) in [6.07, 6.45) is 6.61. The molecular weight excluding hydrogens is 254 g/mol. The van der Waals surface area contributed by atoms with Crippen molar-refractivity contribution in [2.24, 2.45) is 5.73 Å². The standard InChI is InChI=1S/C15H27N3O2/c16-10-13-5-6-14(20-13)15(19)18-9-3-4-12(11-18)17-7-1-2-8-17/h12-14H,1-11,16H2. The maximum Gasteiger partial charge on any atom is 0.251 e. The van der Waals surface area contributed by atoms with E-state index in [4.69, 9.17) is 10.5 Å². The molecule has 0 aromatic rings. The first-order valence-electron chi connectivity index (χ1n) is 8.16. The Morgan fingerprint density at radius 2 is 1.90 bits per heavy atom. The fraction of sp³-hybridized carbons (Fsp3) is 0.933. The number of nitrogens with two attached hydrogens (primary N) is 1. The Morgan fingerprint density at radius 3 is 2.60 bits per heavy atom. The molecule has 3 atom stereocenters. The number of nitrogens with zero attached hydrogens (tertiary/aromatic N) is 2. The molecule has 2 N–H and O–H groups in total. The van der Waals surface area contributed by atoms with Crippen molar-refractivity contribution in [1.82, 2.24) is 9.80 Å². The number of hydrogen-bond acceptors (Lipinski definition) is 4. The summed E-state index contributed by atoms with van der Waals surface area (Å²) in [6, 6.07) is 0.571. The summed E-state index contributed by atoms with van der Waals surface area (Å²) in [6.45, 7) is 4.74. The van der Waals surface area contributed by atoms with Crippen LogP contribution in [0.15, 0.2) is 0 Å². The Morgan fingerprint density at radius 1 is 1.10 bits per heavy atom. The number of rotatable bonds is 3. The number of carbonyl (C=O) groups excluding carboxylic acids is 1. The van der Waals surface area contributed by atoms with E-state index in [0.29, 0.717) is 12.6 Å². The van der Waals surface area contributed by atoms with Crippen LogP contribution in [0, 0.1) is 0 Å². The number of hydrogen-bond donors (Lipinski definition) is 1. The van der Waals surface area contributed by atoms with E-state index in [1.165, 1.54) is 32.4 Å². The Bertz CT molecular complexity index is 344. The minimum atomic E-state index is -0.235. The summed E-state index contributed by atoms with van der Waals surface area (Å²) >= 11 is 0. The van der Waals surface area contributed by atoms with E-state index >= 15 is 0 Å². The predicted octanol–water partition coefficient (Wildman–Crippen LogP) is 0.580. The van der Waals surface area contributed by atoms with Crippen LogP contribution in [0.25, 0.3) is 0 Å². The molecule has 3 rings (SSSR count). The van der Waals surface area contributed by atoms with Crippen LogP contribution in [0.4, 0.5) is 0 Å². The second kappa shape index (κ2) is 6.41. The number of piperidine rings is 1. The third-order valence-electron chi connectivity index (χ3n) is 5.01. The molecule has 1 amide bonds. The summed E-state index contributed by atoms with van der Waals surface area (Å²) in [5.74, 6) is 0.199. The molecule has 0 bridgehead atoms. The van der Waals surface area contributed by atoms with Crippen LogP contribution in [0.3, 0.4) is 0 Å². The molecule has 3 unspecified atom stereocenters. The van der Waals surface area contributed by atoms with Crippen LogP contribution in [0.1, 0.15) is 38.5 Å². The van der Waals surface area contributed by atoms with Gasteiger partial charge in [-0.1, -0.05) is 0 Å². The van der Waals surface area contributed by atoms with Gasteiger partial charge in [-0.2, -0.15) is 0 Å². The molecule has 0 radical (unpaired) electrons. The Hall–Kier alpha value is -0.650. The first-order chi connectivity index (χ1) is 9.78. The molecule has 3 aliphatic heterocycles. The molecule has 3 aliphatic rings. The predicted molar refractivity (Wildman–Crippen MR) is 77.4 cm³/mol. The van der Waals surface area contributed by atoms with Gasteiger partial charge < -0.3 is 15.4 Å². The fourth-order valence-corrected chi connectivity index (χ4v) is 3.82. The number of ether oxygens (including phenoxy) is 1. The highest BCUT2D eigenvalue weighted by atomic mass is 16.5. The lowest BCUT2D eigenvalue weighted by Crippen LogP contribution is -2.51. The first-order valence-corrected chi connectivity index (χ1v) is 8.16.